The van der Waals surface area contributed by atoms with Crippen molar-refractivity contribution < 1.29 is 0 Å². The van der Waals surface area contributed by atoms with Crippen LogP contribution in [0.2, 0.25) is 0 Å². The van der Waals surface area contributed by atoms with Crippen molar-refractivity contribution in [1.29, 1.82) is 0 Å². The van der Waals surface area contributed by atoms with Crippen LogP contribution in [0.25, 0.3) is 0 Å². The molecule has 21 heavy (non-hydrogen) atoms. The summed E-state index contributed by atoms with van der Waals surface area (Å²) in [6, 6.07) is 11.9. The number of rotatable bonds is 2. The summed E-state index contributed by atoms with van der Waals surface area (Å²) in [5, 5.41) is 0. The lowest BCUT2D eigenvalue weighted by Crippen LogP contribution is -2.58. The second-order valence-electron chi connectivity index (χ2n) is 7.50. The van der Waals surface area contributed by atoms with E-state index in [4.69, 9.17) is 0 Å². The second-order valence-corrected chi connectivity index (χ2v) is 7.50. The van der Waals surface area contributed by atoms with E-state index >= 15 is 0 Å². The van der Waals surface area contributed by atoms with E-state index in [1.165, 1.54) is 37.8 Å². The lowest BCUT2D eigenvalue weighted by Gasteiger charge is -2.54. The Kier molecular flexibility index (Phi) is 5.48. The quantitative estimate of drug-likeness (QED) is 0.726. The Morgan fingerprint density at radius 1 is 1.05 bits per heavy atom. The zero-order chi connectivity index (χ0) is 15.5. The fourth-order valence-corrected chi connectivity index (χ4v) is 4.22. The Hall–Kier alpha value is -0.820. The first-order chi connectivity index (χ1) is 10.0. The molecule has 0 N–H and O–H groups in total. The molecule has 2 saturated heterocycles. The zero-order valence-corrected chi connectivity index (χ0v) is 14.6. The summed E-state index contributed by atoms with van der Waals surface area (Å²) in [5.41, 5.74) is 1.88. The van der Waals surface area contributed by atoms with E-state index < -0.39 is 0 Å². The van der Waals surface area contributed by atoms with Gasteiger partial charge in [-0.3, -0.25) is 4.90 Å². The Morgan fingerprint density at radius 2 is 1.71 bits per heavy atom. The van der Waals surface area contributed by atoms with Crippen LogP contribution in [0, 0.1) is 11.8 Å². The zero-order valence-electron chi connectivity index (χ0n) is 14.6. The van der Waals surface area contributed by atoms with E-state index in [9.17, 15) is 0 Å². The third-order valence-corrected chi connectivity index (χ3v) is 5.19. The smallest absolute Gasteiger partial charge is 0.0128 e. The van der Waals surface area contributed by atoms with Crippen LogP contribution >= 0.6 is 0 Å². The van der Waals surface area contributed by atoms with Crippen LogP contribution in [-0.2, 0) is 6.42 Å². The molecule has 3 aliphatic rings. The van der Waals surface area contributed by atoms with Crippen LogP contribution in [-0.4, -0.2) is 23.0 Å². The number of fused-ring (bicyclic) bond motifs is 3. The molecule has 3 fully saturated rings. The maximum Gasteiger partial charge on any atom is 0.0128 e. The minimum atomic E-state index is 0.348. The molecule has 2 bridgehead atoms. The maximum absolute atomic E-state index is 2.77. The fourth-order valence-electron chi connectivity index (χ4n) is 4.22. The molecule has 1 heteroatoms. The first kappa shape index (κ1) is 16.5. The van der Waals surface area contributed by atoms with Crippen molar-refractivity contribution in [2.75, 3.05) is 6.54 Å². The van der Waals surface area contributed by atoms with E-state index in [2.05, 4.69) is 56.0 Å². The van der Waals surface area contributed by atoms with Gasteiger partial charge in [0.25, 0.3) is 0 Å². The van der Waals surface area contributed by atoms with Gasteiger partial charge in [-0.25, -0.2) is 0 Å². The largest absolute Gasteiger partial charge is 0.295 e. The third-order valence-electron chi connectivity index (χ3n) is 5.19. The summed E-state index contributed by atoms with van der Waals surface area (Å²) in [7, 11) is 0. The summed E-state index contributed by atoms with van der Waals surface area (Å²) in [6.45, 7) is 12.4. The Labute approximate surface area is 131 Å². The van der Waals surface area contributed by atoms with Gasteiger partial charge in [-0.05, 0) is 63.9 Å². The van der Waals surface area contributed by atoms with Crippen molar-refractivity contribution in [2.24, 2.45) is 11.8 Å². The van der Waals surface area contributed by atoms with Gasteiger partial charge in [0.15, 0.2) is 0 Å². The maximum atomic E-state index is 2.77. The van der Waals surface area contributed by atoms with Crippen LogP contribution in [0.4, 0.5) is 0 Å². The molecular formula is C20H33N. The molecule has 1 aromatic rings. The molecule has 1 aromatic carbocycles. The molecule has 118 valence electrons. The molecule has 4 rings (SSSR count). The average Bonchev–Trinajstić information content (AvgIpc) is 2.50. The molecule has 3 unspecified atom stereocenters. The van der Waals surface area contributed by atoms with Gasteiger partial charge < -0.3 is 0 Å². The monoisotopic (exact) mass is 287 g/mol. The van der Waals surface area contributed by atoms with Gasteiger partial charge >= 0.3 is 0 Å². The Morgan fingerprint density at radius 3 is 2.24 bits per heavy atom. The summed E-state index contributed by atoms with van der Waals surface area (Å²) in [5.74, 6) is 1.84. The van der Waals surface area contributed by atoms with Crippen molar-refractivity contribution in [2.45, 2.75) is 71.9 Å². The lowest BCUT2D eigenvalue weighted by atomic mass is 9.68. The van der Waals surface area contributed by atoms with Crippen LogP contribution in [0.1, 0.15) is 59.4 Å². The van der Waals surface area contributed by atoms with Gasteiger partial charge in [-0.15, -0.1) is 0 Å². The van der Waals surface area contributed by atoms with E-state index in [0.717, 1.165) is 17.9 Å². The topological polar surface area (TPSA) is 3.24 Å². The number of hydrogen-bond donors (Lipinski definition) is 0. The average molecular weight is 287 g/mol. The van der Waals surface area contributed by atoms with E-state index in [1.807, 2.05) is 13.8 Å². The second kappa shape index (κ2) is 6.96. The molecule has 0 radical (unpaired) electrons. The van der Waals surface area contributed by atoms with Gasteiger partial charge in [0.1, 0.15) is 0 Å². The predicted molar refractivity (Wildman–Crippen MR) is 92.6 cm³/mol. The molecule has 1 saturated carbocycles. The first-order valence-corrected chi connectivity index (χ1v) is 8.85. The van der Waals surface area contributed by atoms with Crippen molar-refractivity contribution in [1.82, 2.24) is 4.90 Å². The highest BCUT2D eigenvalue weighted by atomic mass is 15.2. The van der Waals surface area contributed by atoms with Gasteiger partial charge in [0, 0.05) is 18.1 Å². The van der Waals surface area contributed by atoms with Crippen LogP contribution in [0.3, 0.4) is 0 Å². The van der Waals surface area contributed by atoms with Gasteiger partial charge in [-0.2, -0.15) is 0 Å². The molecule has 0 amide bonds. The highest BCUT2D eigenvalue weighted by Gasteiger charge is 2.43. The van der Waals surface area contributed by atoms with Crippen LogP contribution in [0.15, 0.2) is 30.3 Å². The summed E-state index contributed by atoms with van der Waals surface area (Å²) in [4.78, 5) is 2.77. The van der Waals surface area contributed by atoms with Crippen molar-refractivity contribution in [3.63, 3.8) is 0 Å². The normalized spacial score (nSPS) is 28.9. The standard InChI is InChI=1S/C18H27N.C2H6/c1-18(2,3)19-13-15-9-10-17(19)12-16(15)11-14-7-5-4-6-8-14;1-2/h4-8,15-17H,9-13H2,1-3H3;1-2H3. The third kappa shape index (κ3) is 3.88. The van der Waals surface area contributed by atoms with Gasteiger partial charge in [0.2, 0.25) is 0 Å². The SMILES string of the molecule is CC.CC(C)(C)N1CC2CCC1CC2Cc1ccccc1. The molecule has 0 spiro atoms. The molecule has 2 heterocycles. The van der Waals surface area contributed by atoms with Gasteiger partial charge in [-0.1, -0.05) is 44.2 Å². The molecular weight excluding hydrogens is 254 g/mol. The number of benzene rings is 1. The molecule has 2 aliphatic heterocycles. The molecule has 0 aromatic heterocycles. The molecule has 1 nitrogen and oxygen atoms in total. The van der Waals surface area contributed by atoms with E-state index in [1.54, 1.807) is 0 Å². The first-order valence-electron chi connectivity index (χ1n) is 8.85. The predicted octanol–water partition coefficient (Wildman–Crippen LogP) is 5.15. The minimum absolute atomic E-state index is 0.348. The Balaban J connectivity index is 0.000000774. The summed E-state index contributed by atoms with van der Waals surface area (Å²) >= 11 is 0. The highest BCUT2D eigenvalue weighted by molar-refractivity contribution is 5.16. The number of piperidine rings is 2. The lowest BCUT2D eigenvalue weighted by molar-refractivity contribution is -0.0469. The summed E-state index contributed by atoms with van der Waals surface area (Å²) < 4.78 is 0. The van der Waals surface area contributed by atoms with Crippen molar-refractivity contribution in [3.05, 3.63) is 35.9 Å². The van der Waals surface area contributed by atoms with Crippen LogP contribution in [0.5, 0.6) is 0 Å². The van der Waals surface area contributed by atoms with Crippen molar-refractivity contribution in [3.8, 4) is 0 Å². The minimum Gasteiger partial charge on any atom is -0.295 e. The molecule has 3 atom stereocenters. The number of nitrogens with zero attached hydrogens (tertiary/aromatic N) is 1. The van der Waals surface area contributed by atoms with Crippen LogP contribution < -0.4 is 0 Å². The van der Waals surface area contributed by atoms with E-state index in [0.29, 0.717) is 5.54 Å². The van der Waals surface area contributed by atoms with Gasteiger partial charge in [0.05, 0.1) is 0 Å². The molecule has 1 aliphatic carbocycles. The Bertz CT molecular complexity index is 417. The highest BCUT2D eigenvalue weighted by Crippen LogP contribution is 2.43. The fraction of sp³-hybridized carbons (Fsp3) is 0.700. The van der Waals surface area contributed by atoms with Crippen molar-refractivity contribution >= 4 is 0 Å². The number of hydrogen-bond acceptors (Lipinski definition) is 1. The van der Waals surface area contributed by atoms with E-state index in [-0.39, 0.29) is 0 Å². The summed E-state index contributed by atoms with van der Waals surface area (Å²) in [6.07, 6.45) is 5.58.